The molecule has 188 valence electrons. The second-order valence-corrected chi connectivity index (χ2v) is 8.70. The van der Waals surface area contributed by atoms with Gasteiger partial charge in [-0.05, 0) is 56.4 Å². The van der Waals surface area contributed by atoms with Gasteiger partial charge >= 0.3 is 5.97 Å². The summed E-state index contributed by atoms with van der Waals surface area (Å²) in [7, 11) is 5.62. The molecule has 0 amide bonds. The van der Waals surface area contributed by atoms with Crippen LogP contribution in [0.25, 0.3) is 10.9 Å². The second-order valence-electron chi connectivity index (χ2n) is 8.70. The Morgan fingerprint density at radius 1 is 1.06 bits per heavy atom. The van der Waals surface area contributed by atoms with Crippen molar-refractivity contribution in [2.24, 2.45) is 7.05 Å². The van der Waals surface area contributed by atoms with Crippen molar-refractivity contribution in [1.29, 1.82) is 0 Å². The zero-order valence-corrected chi connectivity index (χ0v) is 21.5. The normalized spacial score (nSPS) is 12.6. The molecule has 8 nitrogen and oxygen atoms in total. The van der Waals surface area contributed by atoms with E-state index >= 15 is 0 Å². The van der Waals surface area contributed by atoms with Crippen molar-refractivity contribution in [3.63, 3.8) is 0 Å². The Kier molecular flexibility index (Phi) is 8.79. The van der Waals surface area contributed by atoms with Crippen LogP contribution >= 0.6 is 12.4 Å². The summed E-state index contributed by atoms with van der Waals surface area (Å²) < 4.78 is 6.76. The van der Waals surface area contributed by atoms with Gasteiger partial charge in [-0.3, -0.25) is 9.78 Å². The third kappa shape index (κ3) is 5.90. The first-order chi connectivity index (χ1) is 16.8. The monoisotopic (exact) mass is 507 g/mol. The molecule has 0 bridgehead atoms. The minimum atomic E-state index is -0.361. The van der Waals surface area contributed by atoms with E-state index in [-0.39, 0.29) is 42.6 Å². The van der Waals surface area contributed by atoms with Gasteiger partial charge in [0.05, 0.1) is 17.0 Å². The molecule has 36 heavy (non-hydrogen) atoms. The van der Waals surface area contributed by atoms with E-state index in [1.807, 2.05) is 63.5 Å². The van der Waals surface area contributed by atoms with E-state index in [1.54, 1.807) is 37.5 Å². The molecule has 9 heteroatoms. The molecular weight excluding hydrogens is 478 g/mol. The van der Waals surface area contributed by atoms with Gasteiger partial charge in [0.1, 0.15) is 12.1 Å². The maximum absolute atomic E-state index is 12.5. The van der Waals surface area contributed by atoms with Crippen molar-refractivity contribution in [1.82, 2.24) is 19.7 Å². The number of nitrogens with zero attached hydrogens (tertiary/aromatic N) is 4. The quantitative estimate of drug-likeness (QED) is 0.357. The van der Waals surface area contributed by atoms with Crippen LogP contribution in [0.1, 0.15) is 34.5 Å². The van der Waals surface area contributed by atoms with Gasteiger partial charge in [0, 0.05) is 19.3 Å². The number of hydrogen-bond donors (Lipinski definition) is 1. The standard InChI is InChI=1S/C27H29N5O3.ClH/c1-18(29-25-23-22(11-8-16-28-23)26(33)32(4)30-25)24(31(2)3)20-12-14-21(15-13-20)27(34)35-17-19-9-6-5-7-10-19;/h5-16,18,24H,17H2,1-4H3,(H,29,30);1H/t18-,24+;/m0./s1. The average Bonchev–Trinajstić information content (AvgIpc) is 2.86. The van der Waals surface area contributed by atoms with Crippen LogP contribution in [0, 0.1) is 0 Å². The van der Waals surface area contributed by atoms with E-state index in [4.69, 9.17) is 4.74 Å². The van der Waals surface area contributed by atoms with Crippen molar-refractivity contribution in [2.75, 3.05) is 19.4 Å². The molecule has 0 unspecified atom stereocenters. The number of halogens is 1. The first-order valence-electron chi connectivity index (χ1n) is 11.4. The van der Waals surface area contributed by atoms with Crippen LogP contribution in [0.5, 0.6) is 0 Å². The minimum absolute atomic E-state index is 0. The van der Waals surface area contributed by atoms with Gasteiger partial charge < -0.3 is 15.0 Å². The average molecular weight is 508 g/mol. The Labute approximate surface area is 216 Å². The van der Waals surface area contributed by atoms with Crippen molar-refractivity contribution >= 4 is 35.1 Å². The first-order valence-corrected chi connectivity index (χ1v) is 11.4. The zero-order valence-electron chi connectivity index (χ0n) is 20.7. The summed E-state index contributed by atoms with van der Waals surface area (Å²) in [6.07, 6.45) is 1.65. The molecule has 2 atom stereocenters. The Balaban J connectivity index is 0.00000361. The fourth-order valence-corrected chi connectivity index (χ4v) is 4.23. The van der Waals surface area contributed by atoms with Gasteiger partial charge in [0.25, 0.3) is 5.56 Å². The number of pyridine rings is 1. The number of ether oxygens (including phenoxy) is 1. The van der Waals surface area contributed by atoms with E-state index in [1.165, 1.54) is 4.68 Å². The van der Waals surface area contributed by atoms with E-state index < -0.39 is 0 Å². The van der Waals surface area contributed by atoms with Crippen LogP contribution in [0.4, 0.5) is 5.82 Å². The number of esters is 1. The summed E-state index contributed by atoms with van der Waals surface area (Å²) >= 11 is 0. The number of fused-ring (bicyclic) bond motifs is 1. The first kappa shape index (κ1) is 26.8. The molecule has 0 aliphatic rings. The number of hydrogen-bond acceptors (Lipinski definition) is 7. The number of rotatable bonds is 8. The third-order valence-electron chi connectivity index (χ3n) is 5.90. The number of carbonyl (C=O) groups excluding carboxylic acids is 1. The molecule has 0 aliphatic heterocycles. The van der Waals surface area contributed by atoms with Crippen molar-refractivity contribution in [3.8, 4) is 0 Å². The molecule has 0 aliphatic carbocycles. The van der Waals surface area contributed by atoms with Crippen LogP contribution in [0.2, 0.25) is 0 Å². The molecule has 2 aromatic heterocycles. The van der Waals surface area contributed by atoms with Crippen molar-refractivity contribution in [2.45, 2.75) is 25.6 Å². The maximum Gasteiger partial charge on any atom is 0.338 e. The largest absolute Gasteiger partial charge is 0.457 e. The summed E-state index contributed by atoms with van der Waals surface area (Å²) in [5.41, 5.74) is 2.81. The number of nitrogens with one attached hydrogen (secondary N) is 1. The molecule has 0 fully saturated rings. The molecular formula is C27H30ClN5O3. The number of carbonyl (C=O) groups is 1. The highest BCUT2D eigenvalue weighted by Gasteiger charge is 2.24. The number of anilines is 1. The zero-order chi connectivity index (χ0) is 24.9. The molecule has 2 heterocycles. The summed E-state index contributed by atoms with van der Waals surface area (Å²) in [5, 5.41) is 8.37. The predicted octanol–water partition coefficient (Wildman–Crippen LogP) is 4.21. The summed E-state index contributed by atoms with van der Waals surface area (Å²) in [4.78, 5) is 31.4. The van der Waals surface area contributed by atoms with Crippen LogP contribution in [-0.2, 0) is 18.4 Å². The number of aryl methyl sites for hydroxylation is 1. The highest BCUT2D eigenvalue weighted by molar-refractivity contribution is 5.89. The highest BCUT2D eigenvalue weighted by atomic mass is 35.5. The minimum Gasteiger partial charge on any atom is -0.457 e. The molecule has 0 saturated carbocycles. The fraction of sp³-hybridized carbons (Fsp3) is 0.259. The van der Waals surface area contributed by atoms with Crippen molar-refractivity contribution < 1.29 is 9.53 Å². The third-order valence-corrected chi connectivity index (χ3v) is 5.90. The molecule has 0 spiro atoms. The molecule has 1 N–H and O–H groups in total. The maximum atomic E-state index is 12.5. The lowest BCUT2D eigenvalue weighted by atomic mass is 9.98. The Morgan fingerprint density at radius 3 is 2.42 bits per heavy atom. The molecule has 2 aromatic carbocycles. The van der Waals surface area contributed by atoms with Gasteiger partial charge in [-0.15, -0.1) is 12.4 Å². The predicted molar refractivity (Wildman–Crippen MR) is 144 cm³/mol. The summed E-state index contributed by atoms with van der Waals surface area (Å²) in [6, 6.07) is 20.4. The lowest BCUT2D eigenvalue weighted by molar-refractivity contribution is 0.0472. The topological polar surface area (TPSA) is 89.3 Å². The van der Waals surface area contributed by atoms with Gasteiger partial charge in [-0.25, -0.2) is 9.48 Å². The lowest BCUT2D eigenvalue weighted by Gasteiger charge is -2.31. The molecule has 0 radical (unpaired) electrons. The van der Waals surface area contributed by atoms with Gasteiger partial charge in [0.2, 0.25) is 0 Å². The summed E-state index contributed by atoms with van der Waals surface area (Å²) in [6.45, 7) is 2.28. The summed E-state index contributed by atoms with van der Waals surface area (Å²) in [5.74, 6) is 0.183. The van der Waals surface area contributed by atoms with Crippen LogP contribution in [0.3, 0.4) is 0 Å². The van der Waals surface area contributed by atoms with Gasteiger partial charge in [-0.2, -0.15) is 5.10 Å². The molecule has 4 rings (SSSR count). The molecule has 0 saturated heterocycles. The van der Waals surface area contributed by atoms with E-state index in [9.17, 15) is 9.59 Å². The Bertz CT molecular complexity index is 1370. The second kappa shape index (κ2) is 11.8. The van der Waals surface area contributed by atoms with Crippen molar-refractivity contribution in [3.05, 3.63) is 100.0 Å². The number of benzene rings is 2. The SMILES string of the molecule is C[C@H](Nc1nn(C)c(=O)c2cccnc12)[C@H](c1ccc(C(=O)OCc2ccccc2)cc1)N(C)C.Cl. The van der Waals surface area contributed by atoms with Crippen LogP contribution in [-0.4, -0.2) is 45.8 Å². The number of aromatic nitrogens is 3. The lowest BCUT2D eigenvalue weighted by Crippen LogP contribution is -2.35. The van der Waals surface area contributed by atoms with E-state index in [0.29, 0.717) is 22.3 Å². The van der Waals surface area contributed by atoms with Crippen LogP contribution < -0.4 is 10.9 Å². The Hall–Kier alpha value is -3.75. The fourth-order valence-electron chi connectivity index (χ4n) is 4.23. The van der Waals surface area contributed by atoms with E-state index in [2.05, 4.69) is 20.3 Å². The van der Waals surface area contributed by atoms with E-state index in [0.717, 1.165) is 11.1 Å². The smallest absolute Gasteiger partial charge is 0.338 e. The van der Waals surface area contributed by atoms with Gasteiger partial charge in [-0.1, -0.05) is 42.5 Å². The van der Waals surface area contributed by atoms with Gasteiger partial charge in [0.15, 0.2) is 5.82 Å². The molecule has 4 aromatic rings. The number of likely N-dealkylation sites (N-methyl/N-ethyl adjacent to an activating group) is 1. The Morgan fingerprint density at radius 2 is 1.75 bits per heavy atom. The highest BCUT2D eigenvalue weighted by Crippen LogP contribution is 2.26. The van der Waals surface area contributed by atoms with Crippen LogP contribution in [0.15, 0.2) is 77.7 Å².